The van der Waals surface area contributed by atoms with Gasteiger partial charge in [0, 0.05) is 11.4 Å². The van der Waals surface area contributed by atoms with Crippen molar-refractivity contribution in [1.29, 1.82) is 0 Å². The summed E-state index contributed by atoms with van der Waals surface area (Å²) < 4.78 is 0. The Labute approximate surface area is 116 Å². The van der Waals surface area contributed by atoms with Gasteiger partial charge in [-0.15, -0.1) is 11.3 Å². The highest BCUT2D eigenvalue weighted by Gasteiger charge is 2.18. The van der Waals surface area contributed by atoms with Gasteiger partial charge < -0.3 is 5.11 Å². The number of benzene rings is 1. The molecule has 1 aromatic heterocycles. The summed E-state index contributed by atoms with van der Waals surface area (Å²) in [5.41, 5.74) is 2.01. The van der Waals surface area contributed by atoms with E-state index in [4.69, 9.17) is 0 Å². The largest absolute Gasteiger partial charge is 0.480 e. The predicted molar refractivity (Wildman–Crippen MR) is 77.4 cm³/mol. The standard InChI is InChI=1S/C15H17NO2S/c1-2-11-5-7-12(8-6-11)14(15(17)18)16-10-13-4-3-9-19-13/h3-9,14,16H,2,10H2,1H3,(H,17,18). The van der Waals surface area contributed by atoms with Crippen LogP contribution < -0.4 is 5.32 Å². The third-order valence-electron chi connectivity index (χ3n) is 3.03. The third kappa shape index (κ3) is 3.66. The van der Waals surface area contributed by atoms with Crippen LogP contribution >= 0.6 is 11.3 Å². The Balaban J connectivity index is 2.08. The van der Waals surface area contributed by atoms with Gasteiger partial charge in [0.05, 0.1) is 0 Å². The van der Waals surface area contributed by atoms with Crippen molar-refractivity contribution in [2.75, 3.05) is 0 Å². The fourth-order valence-electron chi connectivity index (χ4n) is 1.91. The molecule has 1 aromatic carbocycles. The molecule has 2 rings (SSSR count). The van der Waals surface area contributed by atoms with E-state index in [1.807, 2.05) is 41.8 Å². The van der Waals surface area contributed by atoms with Gasteiger partial charge in [-0.3, -0.25) is 10.1 Å². The number of hydrogen-bond acceptors (Lipinski definition) is 3. The second-order valence-electron chi connectivity index (χ2n) is 4.33. The Kier molecular flexibility index (Phi) is 4.71. The van der Waals surface area contributed by atoms with Gasteiger partial charge in [0.25, 0.3) is 0 Å². The average molecular weight is 275 g/mol. The van der Waals surface area contributed by atoms with E-state index in [-0.39, 0.29) is 0 Å². The number of carbonyl (C=O) groups is 1. The average Bonchev–Trinajstić information content (AvgIpc) is 2.92. The Morgan fingerprint density at radius 3 is 2.58 bits per heavy atom. The maximum absolute atomic E-state index is 11.4. The van der Waals surface area contributed by atoms with E-state index in [0.29, 0.717) is 6.54 Å². The van der Waals surface area contributed by atoms with Gasteiger partial charge in [0.15, 0.2) is 0 Å². The van der Waals surface area contributed by atoms with Crippen molar-refractivity contribution in [2.24, 2.45) is 0 Å². The van der Waals surface area contributed by atoms with E-state index in [2.05, 4.69) is 12.2 Å². The lowest BCUT2D eigenvalue weighted by atomic mass is 10.0. The minimum Gasteiger partial charge on any atom is -0.480 e. The zero-order valence-electron chi connectivity index (χ0n) is 10.8. The molecule has 0 saturated heterocycles. The molecule has 3 nitrogen and oxygen atoms in total. The first-order chi connectivity index (χ1) is 9.20. The number of thiophene rings is 1. The van der Waals surface area contributed by atoms with Crippen LogP contribution in [0, 0.1) is 0 Å². The number of rotatable bonds is 6. The molecule has 4 heteroatoms. The topological polar surface area (TPSA) is 49.3 Å². The van der Waals surface area contributed by atoms with Crippen LogP contribution in [-0.2, 0) is 17.8 Å². The molecule has 0 amide bonds. The smallest absolute Gasteiger partial charge is 0.325 e. The molecule has 2 aromatic rings. The summed E-state index contributed by atoms with van der Waals surface area (Å²) >= 11 is 1.62. The van der Waals surface area contributed by atoms with E-state index < -0.39 is 12.0 Å². The van der Waals surface area contributed by atoms with Crippen LogP contribution in [0.2, 0.25) is 0 Å². The van der Waals surface area contributed by atoms with E-state index in [9.17, 15) is 9.90 Å². The minimum absolute atomic E-state index is 0.574. The molecule has 1 atom stereocenters. The van der Waals surface area contributed by atoms with Crippen LogP contribution in [0.3, 0.4) is 0 Å². The molecule has 0 saturated carbocycles. The zero-order chi connectivity index (χ0) is 13.7. The normalized spacial score (nSPS) is 12.3. The summed E-state index contributed by atoms with van der Waals surface area (Å²) in [4.78, 5) is 12.5. The molecule has 100 valence electrons. The van der Waals surface area contributed by atoms with Crippen molar-refractivity contribution in [1.82, 2.24) is 5.32 Å². The number of hydrogen-bond donors (Lipinski definition) is 2. The highest BCUT2D eigenvalue weighted by Crippen LogP contribution is 2.17. The fraction of sp³-hybridized carbons (Fsp3) is 0.267. The van der Waals surface area contributed by atoms with Gasteiger partial charge in [0.1, 0.15) is 6.04 Å². The van der Waals surface area contributed by atoms with Crippen molar-refractivity contribution >= 4 is 17.3 Å². The second-order valence-corrected chi connectivity index (χ2v) is 5.36. The van der Waals surface area contributed by atoms with Gasteiger partial charge in [-0.25, -0.2) is 0 Å². The number of carboxylic acids is 1. The molecule has 0 radical (unpaired) electrons. The van der Waals surface area contributed by atoms with Crippen molar-refractivity contribution < 1.29 is 9.90 Å². The summed E-state index contributed by atoms with van der Waals surface area (Å²) in [7, 11) is 0. The van der Waals surface area contributed by atoms with Crippen LogP contribution in [-0.4, -0.2) is 11.1 Å². The molecule has 1 unspecified atom stereocenters. The molecule has 0 aliphatic carbocycles. The predicted octanol–water partition coefficient (Wildman–Crippen LogP) is 3.23. The quantitative estimate of drug-likeness (QED) is 0.851. The fourth-order valence-corrected chi connectivity index (χ4v) is 2.57. The molecule has 19 heavy (non-hydrogen) atoms. The lowest BCUT2D eigenvalue weighted by Crippen LogP contribution is -2.27. The first-order valence-electron chi connectivity index (χ1n) is 6.28. The SMILES string of the molecule is CCc1ccc(C(NCc2cccs2)C(=O)O)cc1. The maximum Gasteiger partial charge on any atom is 0.325 e. The van der Waals surface area contributed by atoms with E-state index >= 15 is 0 Å². The molecule has 0 aliphatic rings. The van der Waals surface area contributed by atoms with Gasteiger partial charge in [0.2, 0.25) is 0 Å². The monoisotopic (exact) mass is 275 g/mol. The second kappa shape index (κ2) is 6.50. The van der Waals surface area contributed by atoms with E-state index in [0.717, 1.165) is 16.9 Å². The third-order valence-corrected chi connectivity index (χ3v) is 3.91. The number of aliphatic carboxylic acids is 1. The molecule has 0 aliphatic heterocycles. The molecular formula is C15H17NO2S. The maximum atomic E-state index is 11.4. The summed E-state index contributed by atoms with van der Waals surface area (Å²) in [6.07, 6.45) is 0.959. The zero-order valence-corrected chi connectivity index (χ0v) is 11.6. The van der Waals surface area contributed by atoms with Crippen molar-refractivity contribution in [2.45, 2.75) is 25.9 Å². The molecule has 0 fully saturated rings. The highest BCUT2D eigenvalue weighted by atomic mass is 32.1. The number of nitrogens with one attached hydrogen (secondary N) is 1. The number of aryl methyl sites for hydroxylation is 1. The summed E-state index contributed by atoms with van der Waals surface area (Å²) in [5, 5.41) is 14.4. The Bertz CT molecular complexity index is 520. The Hall–Kier alpha value is -1.65. The van der Waals surface area contributed by atoms with Gasteiger partial charge in [-0.2, -0.15) is 0 Å². The van der Waals surface area contributed by atoms with Crippen LogP contribution in [0.5, 0.6) is 0 Å². The molecule has 2 N–H and O–H groups in total. The van der Waals surface area contributed by atoms with Gasteiger partial charge in [-0.05, 0) is 29.0 Å². The van der Waals surface area contributed by atoms with Crippen LogP contribution in [0.15, 0.2) is 41.8 Å². The summed E-state index contributed by atoms with van der Waals surface area (Å²) in [6.45, 7) is 2.66. The lowest BCUT2D eigenvalue weighted by molar-refractivity contribution is -0.139. The number of carboxylic acid groups (broad SMARTS) is 1. The summed E-state index contributed by atoms with van der Waals surface area (Å²) in [6, 6.07) is 11.0. The first-order valence-corrected chi connectivity index (χ1v) is 7.16. The molecular weight excluding hydrogens is 258 g/mol. The Morgan fingerprint density at radius 1 is 1.32 bits per heavy atom. The van der Waals surface area contributed by atoms with Gasteiger partial charge in [-0.1, -0.05) is 37.3 Å². The minimum atomic E-state index is -0.846. The van der Waals surface area contributed by atoms with E-state index in [1.165, 1.54) is 5.56 Å². The van der Waals surface area contributed by atoms with Crippen LogP contribution in [0.4, 0.5) is 0 Å². The van der Waals surface area contributed by atoms with Crippen molar-refractivity contribution in [3.8, 4) is 0 Å². The van der Waals surface area contributed by atoms with Crippen LogP contribution in [0.25, 0.3) is 0 Å². The Morgan fingerprint density at radius 2 is 2.05 bits per heavy atom. The van der Waals surface area contributed by atoms with Crippen molar-refractivity contribution in [3.05, 3.63) is 57.8 Å². The molecule has 0 bridgehead atoms. The lowest BCUT2D eigenvalue weighted by Gasteiger charge is -2.14. The molecule has 0 spiro atoms. The van der Waals surface area contributed by atoms with E-state index in [1.54, 1.807) is 11.3 Å². The first kappa shape index (κ1) is 13.8. The van der Waals surface area contributed by atoms with Gasteiger partial charge >= 0.3 is 5.97 Å². The molecule has 1 heterocycles. The van der Waals surface area contributed by atoms with Crippen molar-refractivity contribution in [3.63, 3.8) is 0 Å². The summed E-state index contributed by atoms with van der Waals surface area (Å²) in [5.74, 6) is -0.846. The highest BCUT2D eigenvalue weighted by molar-refractivity contribution is 7.09. The van der Waals surface area contributed by atoms with Crippen LogP contribution in [0.1, 0.15) is 29.0 Å².